The van der Waals surface area contributed by atoms with E-state index in [1.54, 1.807) is 13.8 Å². The fourth-order valence-electron chi connectivity index (χ4n) is 2.04. The molecule has 0 bridgehead atoms. The largest absolute Gasteiger partial charge is 0.418 e. The molecule has 1 aliphatic rings. The highest BCUT2D eigenvalue weighted by Crippen LogP contribution is 2.37. The third kappa shape index (κ3) is 2.35. The summed E-state index contributed by atoms with van der Waals surface area (Å²) in [7, 11) is 0. The number of rotatable bonds is 1. The summed E-state index contributed by atoms with van der Waals surface area (Å²) >= 11 is 0. The van der Waals surface area contributed by atoms with Gasteiger partial charge in [0.15, 0.2) is 0 Å². The SMILES string of the molecule is CC1NC(=O)N(c2ccccc2C(F)(F)F)C(=O)C1C. The Kier molecular flexibility index (Phi) is 3.45. The fraction of sp³-hybridized carbons (Fsp3) is 0.385. The van der Waals surface area contributed by atoms with E-state index in [-0.39, 0.29) is 0 Å². The maximum atomic E-state index is 13.0. The highest BCUT2D eigenvalue weighted by Gasteiger charge is 2.42. The van der Waals surface area contributed by atoms with Gasteiger partial charge in [-0.1, -0.05) is 19.1 Å². The van der Waals surface area contributed by atoms with E-state index < -0.39 is 41.3 Å². The number of hydrogen-bond acceptors (Lipinski definition) is 2. The molecule has 1 aromatic carbocycles. The molecule has 1 saturated heterocycles. The predicted octanol–water partition coefficient (Wildman–Crippen LogP) is 2.79. The van der Waals surface area contributed by atoms with Gasteiger partial charge in [0, 0.05) is 6.04 Å². The molecular formula is C13H13F3N2O2. The first-order valence-corrected chi connectivity index (χ1v) is 6.04. The van der Waals surface area contributed by atoms with Crippen molar-refractivity contribution >= 4 is 17.6 Å². The second-order valence-corrected chi connectivity index (χ2v) is 4.72. The number of nitrogens with zero attached hydrogens (tertiary/aromatic N) is 1. The minimum Gasteiger partial charge on any atom is -0.334 e. The number of nitrogens with one attached hydrogen (secondary N) is 1. The van der Waals surface area contributed by atoms with E-state index in [9.17, 15) is 22.8 Å². The van der Waals surface area contributed by atoms with Gasteiger partial charge >= 0.3 is 12.2 Å². The summed E-state index contributed by atoms with van der Waals surface area (Å²) in [5.74, 6) is -1.23. The Morgan fingerprint density at radius 2 is 1.75 bits per heavy atom. The monoisotopic (exact) mass is 286 g/mol. The maximum absolute atomic E-state index is 13.0. The van der Waals surface area contributed by atoms with Crippen LogP contribution in [-0.4, -0.2) is 18.0 Å². The van der Waals surface area contributed by atoms with Crippen molar-refractivity contribution in [1.29, 1.82) is 0 Å². The zero-order valence-electron chi connectivity index (χ0n) is 10.9. The number of anilines is 1. The first-order valence-electron chi connectivity index (χ1n) is 6.04. The lowest BCUT2D eigenvalue weighted by molar-refractivity contribution is -0.137. The van der Waals surface area contributed by atoms with Gasteiger partial charge < -0.3 is 5.32 Å². The van der Waals surface area contributed by atoms with E-state index in [0.717, 1.165) is 12.1 Å². The van der Waals surface area contributed by atoms with E-state index in [2.05, 4.69) is 5.32 Å². The molecule has 1 aliphatic heterocycles. The average Bonchev–Trinajstić information content (AvgIpc) is 2.35. The zero-order valence-corrected chi connectivity index (χ0v) is 10.9. The first-order chi connectivity index (χ1) is 9.23. The van der Waals surface area contributed by atoms with Crippen molar-refractivity contribution in [3.63, 3.8) is 0 Å². The van der Waals surface area contributed by atoms with Crippen molar-refractivity contribution in [2.75, 3.05) is 4.90 Å². The Bertz CT molecular complexity index is 557. The van der Waals surface area contributed by atoms with E-state index >= 15 is 0 Å². The molecule has 20 heavy (non-hydrogen) atoms. The summed E-state index contributed by atoms with van der Waals surface area (Å²) in [6.07, 6.45) is -4.64. The van der Waals surface area contributed by atoms with Crippen LogP contribution in [0.4, 0.5) is 23.7 Å². The molecular weight excluding hydrogens is 273 g/mol. The number of carbonyl (C=O) groups excluding carboxylic acids is 2. The van der Waals surface area contributed by atoms with Crippen LogP contribution in [0.3, 0.4) is 0 Å². The van der Waals surface area contributed by atoms with Crippen LogP contribution in [0, 0.1) is 5.92 Å². The van der Waals surface area contributed by atoms with E-state index in [4.69, 9.17) is 0 Å². The molecule has 3 amide bonds. The molecule has 108 valence electrons. The lowest BCUT2D eigenvalue weighted by atomic mass is 9.98. The van der Waals surface area contributed by atoms with Gasteiger partial charge in [-0.3, -0.25) is 4.79 Å². The van der Waals surface area contributed by atoms with Crippen molar-refractivity contribution in [2.24, 2.45) is 5.92 Å². The van der Waals surface area contributed by atoms with Gasteiger partial charge in [-0.2, -0.15) is 13.2 Å². The second kappa shape index (κ2) is 4.81. The molecule has 0 saturated carbocycles. The molecule has 2 rings (SSSR count). The Balaban J connectivity index is 2.51. The first kappa shape index (κ1) is 14.4. The summed E-state index contributed by atoms with van der Waals surface area (Å²) in [4.78, 5) is 24.6. The Morgan fingerprint density at radius 1 is 1.15 bits per heavy atom. The number of imide groups is 1. The Labute approximate surface area is 113 Å². The number of urea groups is 1. The zero-order chi connectivity index (χ0) is 15.1. The summed E-state index contributed by atoms with van der Waals surface area (Å²) < 4.78 is 38.9. The smallest absolute Gasteiger partial charge is 0.334 e. The summed E-state index contributed by atoms with van der Waals surface area (Å²) in [6, 6.07) is 3.28. The highest BCUT2D eigenvalue weighted by molar-refractivity contribution is 6.17. The van der Waals surface area contributed by atoms with Crippen molar-refractivity contribution in [2.45, 2.75) is 26.1 Å². The average molecular weight is 286 g/mol. The standard InChI is InChI=1S/C13H13F3N2O2/c1-7-8(2)17-12(20)18(11(7)19)10-6-4-3-5-9(10)13(14,15)16/h3-8H,1-2H3,(H,17,20). The second-order valence-electron chi connectivity index (χ2n) is 4.72. The quantitative estimate of drug-likeness (QED) is 0.863. The number of hydrogen-bond donors (Lipinski definition) is 1. The normalized spacial score (nSPS) is 23.8. The lowest BCUT2D eigenvalue weighted by Gasteiger charge is -2.35. The molecule has 0 spiro atoms. The number of alkyl halides is 3. The van der Waals surface area contributed by atoms with Crippen LogP contribution in [0.1, 0.15) is 19.4 Å². The molecule has 0 aromatic heterocycles. The van der Waals surface area contributed by atoms with Gasteiger partial charge in [-0.25, -0.2) is 9.69 Å². The number of benzene rings is 1. The number of halogens is 3. The molecule has 4 nitrogen and oxygen atoms in total. The molecule has 1 fully saturated rings. The predicted molar refractivity (Wildman–Crippen MR) is 66.1 cm³/mol. The van der Waals surface area contributed by atoms with Gasteiger partial charge in [-0.05, 0) is 19.1 Å². The van der Waals surface area contributed by atoms with Gasteiger partial charge in [0.25, 0.3) is 0 Å². The topological polar surface area (TPSA) is 49.4 Å². The molecule has 7 heteroatoms. The molecule has 1 N–H and O–H groups in total. The van der Waals surface area contributed by atoms with Gasteiger partial charge in [0.05, 0.1) is 17.2 Å². The van der Waals surface area contributed by atoms with Crippen LogP contribution in [0.25, 0.3) is 0 Å². The molecule has 0 aliphatic carbocycles. The van der Waals surface area contributed by atoms with Crippen molar-refractivity contribution in [1.82, 2.24) is 5.32 Å². The summed E-state index contributed by atoms with van der Waals surface area (Å²) in [5.41, 5.74) is -1.45. The third-order valence-electron chi connectivity index (χ3n) is 3.36. The van der Waals surface area contributed by atoms with Crippen LogP contribution in [0.15, 0.2) is 24.3 Å². The van der Waals surface area contributed by atoms with Crippen LogP contribution >= 0.6 is 0 Å². The van der Waals surface area contributed by atoms with Crippen molar-refractivity contribution in [3.05, 3.63) is 29.8 Å². The highest BCUT2D eigenvalue weighted by atomic mass is 19.4. The molecule has 2 atom stereocenters. The maximum Gasteiger partial charge on any atom is 0.418 e. The van der Waals surface area contributed by atoms with E-state index in [1.807, 2.05) is 0 Å². The van der Waals surface area contributed by atoms with Crippen molar-refractivity contribution < 1.29 is 22.8 Å². The molecule has 0 radical (unpaired) electrons. The number of amides is 3. The van der Waals surface area contributed by atoms with Gasteiger partial charge in [0.1, 0.15) is 0 Å². The summed E-state index contributed by atoms with van der Waals surface area (Å²) in [5, 5.41) is 2.49. The Morgan fingerprint density at radius 3 is 2.35 bits per heavy atom. The minimum absolute atomic E-state index is 0.413. The molecule has 1 heterocycles. The third-order valence-corrected chi connectivity index (χ3v) is 3.36. The van der Waals surface area contributed by atoms with Crippen LogP contribution in [-0.2, 0) is 11.0 Å². The van der Waals surface area contributed by atoms with Crippen LogP contribution < -0.4 is 10.2 Å². The number of carbonyl (C=O) groups is 2. The molecule has 1 aromatic rings. The molecule has 2 unspecified atom stereocenters. The Hall–Kier alpha value is -2.05. The minimum atomic E-state index is -4.64. The lowest BCUT2D eigenvalue weighted by Crippen LogP contribution is -2.58. The van der Waals surface area contributed by atoms with Crippen LogP contribution in [0.5, 0.6) is 0 Å². The van der Waals surface area contributed by atoms with E-state index in [1.165, 1.54) is 12.1 Å². The summed E-state index contributed by atoms with van der Waals surface area (Å²) in [6.45, 7) is 3.20. The van der Waals surface area contributed by atoms with Gasteiger partial charge in [-0.15, -0.1) is 0 Å². The van der Waals surface area contributed by atoms with Gasteiger partial charge in [0.2, 0.25) is 5.91 Å². The van der Waals surface area contributed by atoms with Crippen LogP contribution in [0.2, 0.25) is 0 Å². The number of para-hydroxylation sites is 1. The fourth-order valence-corrected chi connectivity index (χ4v) is 2.04. The van der Waals surface area contributed by atoms with Crippen molar-refractivity contribution in [3.8, 4) is 0 Å². The van der Waals surface area contributed by atoms with E-state index in [0.29, 0.717) is 4.90 Å².